The fraction of sp³-hybridized carbons (Fsp3) is 0.455. The second kappa shape index (κ2) is 4.94. The van der Waals surface area contributed by atoms with Gasteiger partial charge in [0.25, 0.3) is 0 Å². The molecule has 0 aliphatic rings. The quantitative estimate of drug-likeness (QED) is 0.825. The molecule has 0 bridgehead atoms. The summed E-state index contributed by atoms with van der Waals surface area (Å²) in [4.78, 5) is 4.17. The monoisotopic (exact) mass is 220 g/mol. The lowest BCUT2D eigenvalue weighted by Crippen LogP contribution is -2.21. The third-order valence-corrected chi connectivity index (χ3v) is 2.49. The first-order valence-electron chi connectivity index (χ1n) is 5.35. The van der Waals surface area contributed by atoms with E-state index in [9.17, 15) is 0 Å². The molecular formula is C11H16N4O. The predicted molar refractivity (Wildman–Crippen MR) is 59.8 cm³/mol. The second-order valence-electron chi connectivity index (χ2n) is 3.82. The van der Waals surface area contributed by atoms with Gasteiger partial charge in [0, 0.05) is 31.6 Å². The minimum atomic E-state index is 0.294. The van der Waals surface area contributed by atoms with E-state index in [2.05, 4.69) is 22.3 Å². The van der Waals surface area contributed by atoms with Gasteiger partial charge in [-0.3, -0.25) is 4.68 Å². The van der Waals surface area contributed by atoms with Gasteiger partial charge in [-0.15, -0.1) is 0 Å². The maximum atomic E-state index is 5.04. The molecule has 0 radical (unpaired) electrons. The summed E-state index contributed by atoms with van der Waals surface area (Å²) in [7, 11) is 1.87. The zero-order valence-corrected chi connectivity index (χ0v) is 9.55. The fourth-order valence-electron chi connectivity index (χ4n) is 1.54. The van der Waals surface area contributed by atoms with Crippen molar-refractivity contribution >= 4 is 0 Å². The van der Waals surface area contributed by atoms with Gasteiger partial charge >= 0.3 is 0 Å². The molecule has 2 aromatic rings. The summed E-state index contributed by atoms with van der Waals surface area (Å²) in [6.07, 6.45) is 6.00. The van der Waals surface area contributed by atoms with Crippen LogP contribution >= 0.6 is 0 Å². The molecule has 0 saturated heterocycles. The maximum Gasteiger partial charge on any atom is 0.151 e. The third kappa shape index (κ3) is 2.70. The lowest BCUT2D eigenvalue weighted by Gasteiger charge is -2.10. The van der Waals surface area contributed by atoms with Gasteiger partial charge in [0.15, 0.2) is 5.82 Å². The normalized spacial score (nSPS) is 12.9. The second-order valence-corrected chi connectivity index (χ2v) is 3.82. The highest BCUT2D eigenvalue weighted by molar-refractivity contribution is 5.10. The minimum absolute atomic E-state index is 0.294. The molecule has 5 nitrogen and oxygen atoms in total. The summed E-state index contributed by atoms with van der Waals surface area (Å²) in [6, 6.07) is 2.26. The molecule has 16 heavy (non-hydrogen) atoms. The number of aryl methyl sites for hydroxylation is 1. The van der Waals surface area contributed by atoms with E-state index >= 15 is 0 Å². The molecule has 2 aromatic heterocycles. The number of hydrogen-bond acceptors (Lipinski definition) is 4. The summed E-state index contributed by atoms with van der Waals surface area (Å²) < 4.78 is 6.75. The Hall–Kier alpha value is -1.62. The standard InChI is InChI=1S/C11H16N4O/c1-9(10-4-6-16-7-10)12-5-3-11-13-8-15(2)14-11/h4,6-9,12H,3,5H2,1-2H3. The highest BCUT2D eigenvalue weighted by Gasteiger charge is 2.06. The Morgan fingerprint density at radius 2 is 2.44 bits per heavy atom. The Morgan fingerprint density at radius 1 is 1.56 bits per heavy atom. The smallest absolute Gasteiger partial charge is 0.151 e. The number of furan rings is 1. The van der Waals surface area contributed by atoms with Gasteiger partial charge in [-0.05, 0) is 13.0 Å². The Balaban J connectivity index is 1.76. The van der Waals surface area contributed by atoms with Crippen molar-refractivity contribution in [3.63, 3.8) is 0 Å². The van der Waals surface area contributed by atoms with Crippen molar-refractivity contribution in [3.8, 4) is 0 Å². The topological polar surface area (TPSA) is 55.9 Å². The minimum Gasteiger partial charge on any atom is -0.472 e. The van der Waals surface area contributed by atoms with Crippen molar-refractivity contribution in [1.82, 2.24) is 20.1 Å². The Morgan fingerprint density at radius 3 is 3.06 bits per heavy atom. The molecule has 1 atom stereocenters. The molecule has 0 aliphatic carbocycles. The van der Waals surface area contributed by atoms with E-state index in [1.807, 2.05) is 13.1 Å². The van der Waals surface area contributed by atoms with Crippen molar-refractivity contribution in [1.29, 1.82) is 0 Å². The van der Waals surface area contributed by atoms with E-state index in [1.165, 1.54) is 0 Å². The van der Waals surface area contributed by atoms with E-state index in [1.54, 1.807) is 23.5 Å². The van der Waals surface area contributed by atoms with Crippen LogP contribution in [0.4, 0.5) is 0 Å². The van der Waals surface area contributed by atoms with Crippen LogP contribution in [0.2, 0.25) is 0 Å². The molecule has 5 heteroatoms. The fourth-order valence-corrected chi connectivity index (χ4v) is 1.54. The SMILES string of the molecule is CC(NCCc1ncn(C)n1)c1ccoc1. The summed E-state index contributed by atoms with van der Waals surface area (Å²) in [5.74, 6) is 0.870. The average Bonchev–Trinajstić information content (AvgIpc) is 2.89. The van der Waals surface area contributed by atoms with Crippen LogP contribution in [0.15, 0.2) is 29.3 Å². The zero-order valence-electron chi connectivity index (χ0n) is 9.55. The number of aromatic nitrogens is 3. The van der Waals surface area contributed by atoms with Crippen LogP contribution in [0.3, 0.4) is 0 Å². The van der Waals surface area contributed by atoms with Gasteiger partial charge in [0.1, 0.15) is 6.33 Å². The van der Waals surface area contributed by atoms with Crippen molar-refractivity contribution in [2.24, 2.45) is 7.05 Å². The van der Waals surface area contributed by atoms with Crippen LogP contribution in [0.5, 0.6) is 0 Å². The summed E-state index contributed by atoms with van der Waals surface area (Å²) >= 11 is 0. The van der Waals surface area contributed by atoms with Crippen molar-refractivity contribution < 1.29 is 4.42 Å². The molecule has 2 rings (SSSR count). The molecular weight excluding hydrogens is 204 g/mol. The van der Waals surface area contributed by atoms with Gasteiger partial charge in [0.05, 0.1) is 12.5 Å². The van der Waals surface area contributed by atoms with E-state index in [0.29, 0.717) is 6.04 Å². The maximum absolute atomic E-state index is 5.04. The molecule has 0 aromatic carbocycles. The molecule has 0 spiro atoms. The lowest BCUT2D eigenvalue weighted by molar-refractivity contribution is 0.537. The number of nitrogens with zero attached hydrogens (tertiary/aromatic N) is 3. The highest BCUT2D eigenvalue weighted by Crippen LogP contribution is 2.11. The van der Waals surface area contributed by atoms with E-state index in [4.69, 9.17) is 4.42 Å². The molecule has 0 amide bonds. The van der Waals surface area contributed by atoms with Gasteiger partial charge < -0.3 is 9.73 Å². The Labute approximate surface area is 94.5 Å². The van der Waals surface area contributed by atoms with Crippen LogP contribution in [-0.2, 0) is 13.5 Å². The van der Waals surface area contributed by atoms with E-state index < -0.39 is 0 Å². The molecule has 2 heterocycles. The summed E-state index contributed by atoms with van der Waals surface area (Å²) in [5.41, 5.74) is 1.16. The zero-order chi connectivity index (χ0) is 11.4. The van der Waals surface area contributed by atoms with Crippen molar-refractivity contribution in [3.05, 3.63) is 36.3 Å². The van der Waals surface area contributed by atoms with Crippen molar-refractivity contribution in [2.45, 2.75) is 19.4 Å². The van der Waals surface area contributed by atoms with Crippen LogP contribution in [0.1, 0.15) is 24.4 Å². The van der Waals surface area contributed by atoms with E-state index in [-0.39, 0.29) is 0 Å². The summed E-state index contributed by atoms with van der Waals surface area (Å²) in [5, 5.41) is 7.61. The number of nitrogens with one attached hydrogen (secondary N) is 1. The third-order valence-electron chi connectivity index (χ3n) is 2.49. The molecule has 1 unspecified atom stereocenters. The van der Waals surface area contributed by atoms with Crippen LogP contribution in [0.25, 0.3) is 0 Å². The number of rotatable bonds is 5. The average molecular weight is 220 g/mol. The first-order valence-corrected chi connectivity index (χ1v) is 5.35. The first kappa shape index (κ1) is 10.9. The Kier molecular flexibility index (Phi) is 3.36. The molecule has 0 fully saturated rings. The predicted octanol–water partition coefficient (Wildman–Crippen LogP) is 1.30. The highest BCUT2D eigenvalue weighted by atomic mass is 16.3. The molecule has 86 valence electrons. The van der Waals surface area contributed by atoms with Crippen molar-refractivity contribution in [2.75, 3.05) is 6.54 Å². The number of hydrogen-bond donors (Lipinski definition) is 1. The molecule has 1 N–H and O–H groups in total. The van der Waals surface area contributed by atoms with Gasteiger partial charge in [-0.2, -0.15) is 5.10 Å². The Bertz CT molecular complexity index is 421. The van der Waals surface area contributed by atoms with E-state index in [0.717, 1.165) is 24.4 Å². The van der Waals surface area contributed by atoms with Crippen LogP contribution in [-0.4, -0.2) is 21.3 Å². The molecule has 0 aliphatic heterocycles. The van der Waals surface area contributed by atoms with Gasteiger partial charge in [0.2, 0.25) is 0 Å². The van der Waals surface area contributed by atoms with Gasteiger partial charge in [-0.1, -0.05) is 0 Å². The van der Waals surface area contributed by atoms with Gasteiger partial charge in [-0.25, -0.2) is 4.98 Å². The lowest BCUT2D eigenvalue weighted by atomic mass is 10.2. The largest absolute Gasteiger partial charge is 0.472 e. The summed E-state index contributed by atoms with van der Waals surface area (Å²) in [6.45, 7) is 2.97. The molecule has 0 saturated carbocycles. The van der Waals surface area contributed by atoms with Crippen LogP contribution in [0, 0.1) is 0 Å². The van der Waals surface area contributed by atoms with Crippen LogP contribution < -0.4 is 5.32 Å². The first-order chi connectivity index (χ1) is 7.75.